The van der Waals surface area contributed by atoms with Gasteiger partial charge in [-0.15, -0.1) is 11.3 Å². The molecule has 0 saturated heterocycles. The minimum absolute atomic E-state index is 0.343. The summed E-state index contributed by atoms with van der Waals surface area (Å²) in [5.41, 5.74) is 2.59. The number of anilines is 1. The van der Waals surface area contributed by atoms with E-state index in [0.717, 1.165) is 28.4 Å². The quantitative estimate of drug-likeness (QED) is 0.922. The summed E-state index contributed by atoms with van der Waals surface area (Å²) >= 11 is 4.92. The lowest BCUT2D eigenvalue weighted by Crippen LogP contribution is -2.13. The van der Waals surface area contributed by atoms with Crippen LogP contribution < -0.4 is 4.90 Å². The van der Waals surface area contributed by atoms with Gasteiger partial charge in [0.1, 0.15) is 4.60 Å². The Balaban J connectivity index is 1.89. The number of hydrogen-bond acceptors (Lipinski definition) is 4. The van der Waals surface area contributed by atoms with Crippen molar-refractivity contribution in [2.75, 3.05) is 4.90 Å². The molecule has 0 unspecified atom stereocenters. The highest BCUT2D eigenvalue weighted by Gasteiger charge is 2.22. The number of aromatic nitrogens is 1. The number of hydrogen-bond donors (Lipinski definition) is 1. The number of benzene rings is 1. The van der Waals surface area contributed by atoms with Crippen LogP contribution in [0.5, 0.6) is 0 Å². The van der Waals surface area contributed by atoms with E-state index in [0.29, 0.717) is 5.56 Å². The summed E-state index contributed by atoms with van der Waals surface area (Å²) in [6.07, 6.45) is 0. The Labute approximate surface area is 116 Å². The van der Waals surface area contributed by atoms with Crippen molar-refractivity contribution in [3.63, 3.8) is 0 Å². The summed E-state index contributed by atoms with van der Waals surface area (Å²) in [5.74, 6) is -0.881. The van der Waals surface area contributed by atoms with Crippen molar-refractivity contribution >= 4 is 38.4 Å². The van der Waals surface area contributed by atoms with E-state index in [1.807, 2.05) is 11.4 Å². The van der Waals surface area contributed by atoms with Crippen LogP contribution in [0.2, 0.25) is 0 Å². The lowest BCUT2D eigenvalue weighted by molar-refractivity contribution is 0.0697. The molecule has 1 aliphatic heterocycles. The van der Waals surface area contributed by atoms with Gasteiger partial charge in [-0.05, 0) is 39.2 Å². The van der Waals surface area contributed by atoms with E-state index < -0.39 is 5.97 Å². The zero-order valence-corrected chi connectivity index (χ0v) is 11.7. The maximum atomic E-state index is 10.9. The van der Waals surface area contributed by atoms with E-state index in [-0.39, 0.29) is 0 Å². The van der Waals surface area contributed by atoms with E-state index in [9.17, 15) is 4.79 Å². The van der Waals surface area contributed by atoms with E-state index >= 15 is 0 Å². The summed E-state index contributed by atoms with van der Waals surface area (Å²) in [6.45, 7) is 1.51. The van der Waals surface area contributed by atoms with Crippen molar-refractivity contribution in [3.8, 4) is 0 Å². The summed E-state index contributed by atoms with van der Waals surface area (Å²) in [4.78, 5) is 17.4. The molecular weight excluding hydrogens is 316 g/mol. The van der Waals surface area contributed by atoms with E-state index in [1.165, 1.54) is 5.56 Å². The SMILES string of the molecule is O=C(O)c1ccc2c(c1)CN(c1nc(Br)cs1)C2. The Hall–Kier alpha value is -1.40. The number of fused-ring (bicyclic) bond motifs is 1. The molecule has 4 nitrogen and oxygen atoms in total. The molecule has 0 saturated carbocycles. The molecule has 0 atom stereocenters. The highest BCUT2D eigenvalue weighted by molar-refractivity contribution is 9.10. The molecule has 0 spiro atoms. The minimum atomic E-state index is -0.881. The Morgan fingerprint density at radius 1 is 1.39 bits per heavy atom. The fraction of sp³-hybridized carbons (Fsp3) is 0.167. The van der Waals surface area contributed by atoms with Crippen LogP contribution in [-0.4, -0.2) is 16.1 Å². The molecule has 2 heterocycles. The lowest BCUT2D eigenvalue weighted by atomic mass is 10.1. The number of carboxylic acids is 1. The number of carbonyl (C=O) groups is 1. The van der Waals surface area contributed by atoms with Crippen LogP contribution in [0.4, 0.5) is 5.13 Å². The predicted molar refractivity (Wildman–Crippen MR) is 73.1 cm³/mol. The third-order valence-corrected chi connectivity index (χ3v) is 4.52. The Morgan fingerprint density at radius 3 is 2.83 bits per heavy atom. The van der Waals surface area contributed by atoms with Gasteiger partial charge in [0.25, 0.3) is 0 Å². The van der Waals surface area contributed by atoms with Crippen LogP contribution in [0.15, 0.2) is 28.2 Å². The second-order valence-electron chi connectivity index (χ2n) is 4.10. The normalized spacial score (nSPS) is 13.7. The van der Waals surface area contributed by atoms with Gasteiger partial charge in [-0.2, -0.15) is 0 Å². The van der Waals surface area contributed by atoms with Gasteiger partial charge in [0.15, 0.2) is 5.13 Å². The Morgan fingerprint density at radius 2 is 2.17 bits per heavy atom. The molecule has 1 aromatic carbocycles. The van der Waals surface area contributed by atoms with Crippen LogP contribution in [0.25, 0.3) is 0 Å². The van der Waals surface area contributed by atoms with E-state index in [1.54, 1.807) is 23.5 Å². The maximum Gasteiger partial charge on any atom is 0.335 e. The zero-order chi connectivity index (χ0) is 12.7. The van der Waals surface area contributed by atoms with Gasteiger partial charge in [0.2, 0.25) is 0 Å². The van der Waals surface area contributed by atoms with Crippen LogP contribution in [0.1, 0.15) is 21.5 Å². The first-order chi connectivity index (χ1) is 8.63. The van der Waals surface area contributed by atoms with Crippen LogP contribution in [0, 0.1) is 0 Å². The average molecular weight is 325 g/mol. The zero-order valence-electron chi connectivity index (χ0n) is 9.26. The average Bonchev–Trinajstić information content (AvgIpc) is 2.93. The van der Waals surface area contributed by atoms with Gasteiger partial charge in [-0.1, -0.05) is 6.07 Å². The molecule has 0 fully saturated rings. The summed E-state index contributed by atoms with van der Waals surface area (Å²) in [6, 6.07) is 5.30. The minimum Gasteiger partial charge on any atom is -0.478 e. The molecule has 1 N–H and O–H groups in total. The van der Waals surface area contributed by atoms with Gasteiger partial charge in [-0.25, -0.2) is 9.78 Å². The molecule has 92 valence electrons. The first-order valence-electron chi connectivity index (χ1n) is 5.34. The molecule has 1 aromatic heterocycles. The van der Waals surface area contributed by atoms with Gasteiger partial charge >= 0.3 is 5.97 Å². The van der Waals surface area contributed by atoms with Gasteiger partial charge in [0, 0.05) is 18.5 Å². The molecule has 0 aliphatic carbocycles. The summed E-state index contributed by atoms with van der Waals surface area (Å²) < 4.78 is 0.838. The third kappa shape index (κ3) is 2.02. The number of carboxylic acid groups (broad SMARTS) is 1. The van der Waals surface area contributed by atoms with Crippen LogP contribution >= 0.6 is 27.3 Å². The lowest BCUT2D eigenvalue weighted by Gasteiger charge is -2.12. The third-order valence-electron chi connectivity index (χ3n) is 2.91. The summed E-state index contributed by atoms with van der Waals surface area (Å²) in [7, 11) is 0. The van der Waals surface area contributed by atoms with Crippen LogP contribution in [-0.2, 0) is 13.1 Å². The molecule has 6 heteroatoms. The van der Waals surface area contributed by atoms with Crippen molar-refractivity contribution in [2.45, 2.75) is 13.1 Å². The largest absolute Gasteiger partial charge is 0.478 e. The van der Waals surface area contributed by atoms with Gasteiger partial charge < -0.3 is 10.0 Å². The van der Waals surface area contributed by atoms with Crippen molar-refractivity contribution in [1.29, 1.82) is 0 Å². The fourth-order valence-electron chi connectivity index (χ4n) is 2.05. The second-order valence-corrected chi connectivity index (χ2v) is 5.75. The highest BCUT2D eigenvalue weighted by Crippen LogP contribution is 2.32. The van der Waals surface area contributed by atoms with Gasteiger partial charge in [-0.3, -0.25) is 0 Å². The Kier molecular flexibility index (Phi) is 2.83. The van der Waals surface area contributed by atoms with E-state index in [2.05, 4.69) is 25.8 Å². The molecule has 3 rings (SSSR count). The Bertz CT molecular complexity index is 626. The van der Waals surface area contributed by atoms with Crippen molar-refractivity contribution in [1.82, 2.24) is 4.98 Å². The standard InChI is InChI=1S/C12H9BrN2O2S/c13-10-6-18-12(14-10)15-4-8-2-1-7(11(16)17)3-9(8)5-15/h1-3,6H,4-5H2,(H,16,17). The molecule has 1 aliphatic rings. The van der Waals surface area contributed by atoms with Crippen molar-refractivity contribution in [3.05, 3.63) is 44.9 Å². The predicted octanol–water partition coefficient (Wildman–Crippen LogP) is 3.12. The number of halogens is 1. The van der Waals surface area contributed by atoms with Crippen LogP contribution in [0.3, 0.4) is 0 Å². The molecule has 18 heavy (non-hydrogen) atoms. The molecule has 2 aromatic rings. The monoisotopic (exact) mass is 324 g/mol. The maximum absolute atomic E-state index is 10.9. The number of nitrogens with zero attached hydrogens (tertiary/aromatic N) is 2. The number of rotatable bonds is 2. The first-order valence-corrected chi connectivity index (χ1v) is 7.02. The topological polar surface area (TPSA) is 53.4 Å². The van der Waals surface area contributed by atoms with Crippen molar-refractivity contribution in [2.24, 2.45) is 0 Å². The fourth-order valence-corrected chi connectivity index (χ4v) is 3.30. The number of thiazole rings is 1. The molecule has 0 bridgehead atoms. The second kappa shape index (κ2) is 4.37. The smallest absolute Gasteiger partial charge is 0.335 e. The first kappa shape index (κ1) is 11.7. The van der Waals surface area contributed by atoms with Crippen molar-refractivity contribution < 1.29 is 9.90 Å². The van der Waals surface area contributed by atoms with E-state index in [4.69, 9.17) is 5.11 Å². The summed E-state index contributed by atoms with van der Waals surface area (Å²) in [5, 5.41) is 11.9. The molecule has 0 radical (unpaired) electrons. The van der Waals surface area contributed by atoms with Gasteiger partial charge in [0.05, 0.1) is 5.56 Å². The molecular formula is C12H9BrN2O2S. The molecule has 0 amide bonds. The highest BCUT2D eigenvalue weighted by atomic mass is 79.9. The number of aromatic carboxylic acids is 1.